The Hall–Kier alpha value is -0.150. The molecule has 0 aromatic rings. The van der Waals surface area contributed by atoms with Gasteiger partial charge in [-0.15, -0.1) is 0 Å². The van der Waals surface area contributed by atoms with E-state index in [2.05, 4.69) is 19.2 Å². The second-order valence-electron chi connectivity index (χ2n) is 3.59. The third-order valence-electron chi connectivity index (χ3n) is 1.75. The average Bonchev–Trinajstić information content (AvgIpc) is 2.09. The molecule has 80 valence electrons. The van der Waals surface area contributed by atoms with Gasteiger partial charge in [0.1, 0.15) is 0 Å². The van der Waals surface area contributed by atoms with Gasteiger partial charge < -0.3 is 10.1 Å². The van der Waals surface area contributed by atoms with Gasteiger partial charge in [0, 0.05) is 13.2 Å². The summed E-state index contributed by atoms with van der Waals surface area (Å²) in [7, 11) is 0. The van der Waals surface area contributed by atoms with Gasteiger partial charge >= 0.3 is 0 Å². The molecule has 3 heteroatoms. The molecule has 0 aromatic carbocycles. The van der Waals surface area contributed by atoms with Crippen LogP contribution < -0.4 is 5.32 Å². The molecule has 0 aromatic heterocycles. The lowest BCUT2D eigenvalue weighted by molar-refractivity contribution is 0.125. The molecule has 0 unspecified atom stereocenters. The molecule has 2 nitrogen and oxygen atoms in total. The first-order valence-electron chi connectivity index (χ1n) is 5.11. The van der Waals surface area contributed by atoms with Crippen molar-refractivity contribution in [1.82, 2.24) is 5.32 Å². The van der Waals surface area contributed by atoms with E-state index in [9.17, 15) is 4.39 Å². The van der Waals surface area contributed by atoms with E-state index in [4.69, 9.17) is 4.74 Å². The van der Waals surface area contributed by atoms with E-state index < -0.39 is 0 Å². The van der Waals surface area contributed by atoms with Crippen LogP contribution in [-0.4, -0.2) is 33.0 Å². The van der Waals surface area contributed by atoms with Crippen molar-refractivity contribution in [3.63, 3.8) is 0 Å². The van der Waals surface area contributed by atoms with E-state index in [1.165, 1.54) is 0 Å². The van der Waals surface area contributed by atoms with Crippen molar-refractivity contribution in [2.45, 2.75) is 26.7 Å². The lowest BCUT2D eigenvalue weighted by atomic mass is 10.1. The van der Waals surface area contributed by atoms with Crippen LogP contribution in [0.15, 0.2) is 0 Å². The zero-order valence-corrected chi connectivity index (χ0v) is 8.81. The first-order chi connectivity index (χ1) is 6.27. The van der Waals surface area contributed by atoms with E-state index >= 15 is 0 Å². The van der Waals surface area contributed by atoms with E-state index in [1.807, 2.05) is 0 Å². The maximum Gasteiger partial charge on any atom is 0.0906 e. The monoisotopic (exact) mass is 191 g/mol. The number of ether oxygens (including phenoxy) is 1. The van der Waals surface area contributed by atoms with Crippen LogP contribution in [-0.2, 0) is 4.74 Å². The molecular weight excluding hydrogens is 169 g/mol. The Morgan fingerprint density at radius 2 is 2.00 bits per heavy atom. The Kier molecular flexibility index (Phi) is 9.82. The Bertz CT molecular complexity index is 98.9. The van der Waals surface area contributed by atoms with Gasteiger partial charge in [0.25, 0.3) is 0 Å². The van der Waals surface area contributed by atoms with Gasteiger partial charge in [0.2, 0.25) is 0 Å². The Morgan fingerprint density at radius 1 is 1.23 bits per heavy atom. The highest BCUT2D eigenvalue weighted by atomic mass is 19.1. The summed E-state index contributed by atoms with van der Waals surface area (Å²) >= 11 is 0. The van der Waals surface area contributed by atoms with Crippen molar-refractivity contribution in [1.29, 1.82) is 0 Å². The van der Waals surface area contributed by atoms with Crippen LogP contribution in [0.25, 0.3) is 0 Å². The summed E-state index contributed by atoms with van der Waals surface area (Å²) in [5, 5.41) is 3.11. The number of halogens is 1. The Labute approximate surface area is 80.9 Å². The topological polar surface area (TPSA) is 21.3 Å². The Morgan fingerprint density at radius 3 is 2.62 bits per heavy atom. The number of hydrogen-bond acceptors (Lipinski definition) is 2. The van der Waals surface area contributed by atoms with E-state index in [1.54, 1.807) is 0 Å². The molecule has 0 amide bonds. The third-order valence-corrected chi connectivity index (χ3v) is 1.75. The summed E-state index contributed by atoms with van der Waals surface area (Å²) in [5.41, 5.74) is 0. The smallest absolute Gasteiger partial charge is 0.0906 e. The molecule has 0 aliphatic rings. The van der Waals surface area contributed by atoms with Gasteiger partial charge in [-0.2, -0.15) is 0 Å². The maximum atomic E-state index is 11.6. The van der Waals surface area contributed by atoms with Gasteiger partial charge in [-0.3, -0.25) is 4.39 Å². The highest BCUT2D eigenvalue weighted by Gasteiger charge is 1.93. The fraction of sp³-hybridized carbons (Fsp3) is 1.00. The summed E-state index contributed by atoms with van der Waals surface area (Å²) in [6, 6.07) is 0. The van der Waals surface area contributed by atoms with Crippen LogP contribution in [0.5, 0.6) is 0 Å². The summed E-state index contributed by atoms with van der Waals surface area (Å²) in [4.78, 5) is 0. The fourth-order valence-corrected chi connectivity index (χ4v) is 0.882. The summed E-state index contributed by atoms with van der Waals surface area (Å²) in [6.07, 6.45) is 1.72. The molecule has 0 bridgehead atoms. The standard InChI is InChI=1S/C10H22FNO/c1-10(2)4-8-13-9-7-12-6-3-5-11/h10,12H,3-9H2,1-2H3. The van der Waals surface area contributed by atoms with Crippen LogP contribution in [0, 0.1) is 5.92 Å². The minimum absolute atomic E-state index is 0.235. The highest BCUT2D eigenvalue weighted by molar-refractivity contribution is 4.47. The number of alkyl halides is 1. The minimum Gasteiger partial charge on any atom is -0.380 e. The van der Waals surface area contributed by atoms with Gasteiger partial charge in [0.05, 0.1) is 13.3 Å². The van der Waals surface area contributed by atoms with Gasteiger partial charge in [0.15, 0.2) is 0 Å². The number of rotatable bonds is 9. The molecule has 0 spiro atoms. The quantitative estimate of drug-likeness (QED) is 0.563. The molecule has 0 aliphatic carbocycles. The fourth-order valence-electron chi connectivity index (χ4n) is 0.882. The van der Waals surface area contributed by atoms with Crippen molar-refractivity contribution in [3.8, 4) is 0 Å². The normalized spacial score (nSPS) is 11.1. The van der Waals surface area contributed by atoms with Crippen LogP contribution in [0.2, 0.25) is 0 Å². The minimum atomic E-state index is -0.235. The molecule has 0 aliphatic heterocycles. The van der Waals surface area contributed by atoms with Gasteiger partial charge in [-0.05, 0) is 25.3 Å². The van der Waals surface area contributed by atoms with Crippen LogP contribution in [0.4, 0.5) is 4.39 Å². The maximum absolute atomic E-state index is 11.6. The van der Waals surface area contributed by atoms with Crippen molar-refractivity contribution < 1.29 is 9.13 Å². The molecule has 13 heavy (non-hydrogen) atoms. The first-order valence-corrected chi connectivity index (χ1v) is 5.11. The lowest BCUT2D eigenvalue weighted by Crippen LogP contribution is -2.21. The largest absolute Gasteiger partial charge is 0.380 e. The van der Waals surface area contributed by atoms with Crippen molar-refractivity contribution >= 4 is 0 Å². The van der Waals surface area contributed by atoms with Gasteiger partial charge in [-0.1, -0.05) is 13.8 Å². The lowest BCUT2D eigenvalue weighted by Gasteiger charge is -2.06. The van der Waals surface area contributed by atoms with Gasteiger partial charge in [-0.25, -0.2) is 0 Å². The van der Waals surface area contributed by atoms with Crippen LogP contribution in [0.1, 0.15) is 26.7 Å². The van der Waals surface area contributed by atoms with Crippen LogP contribution >= 0.6 is 0 Å². The van der Waals surface area contributed by atoms with Crippen LogP contribution in [0.3, 0.4) is 0 Å². The molecule has 0 fully saturated rings. The predicted molar refractivity (Wildman–Crippen MR) is 53.7 cm³/mol. The first kappa shape index (κ1) is 12.8. The summed E-state index contributed by atoms with van der Waals surface area (Å²) in [5.74, 6) is 0.708. The second kappa shape index (κ2) is 9.93. The zero-order chi connectivity index (χ0) is 9.94. The highest BCUT2D eigenvalue weighted by Crippen LogP contribution is 1.98. The molecule has 0 heterocycles. The predicted octanol–water partition coefficient (Wildman–Crippen LogP) is 2.00. The molecule has 0 saturated heterocycles. The molecule has 0 atom stereocenters. The molecular formula is C10H22FNO. The molecule has 0 radical (unpaired) electrons. The molecule has 0 saturated carbocycles. The van der Waals surface area contributed by atoms with E-state index in [-0.39, 0.29) is 6.67 Å². The van der Waals surface area contributed by atoms with Crippen molar-refractivity contribution in [2.75, 3.05) is 33.0 Å². The zero-order valence-electron chi connectivity index (χ0n) is 8.81. The average molecular weight is 191 g/mol. The van der Waals surface area contributed by atoms with Crippen molar-refractivity contribution in [3.05, 3.63) is 0 Å². The van der Waals surface area contributed by atoms with E-state index in [0.717, 1.165) is 32.7 Å². The van der Waals surface area contributed by atoms with Crippen molar-refractivity contribution in [2.24, 2.45) is 5.92 Å². The number of nitrogens with one attached hydrogen (secondary N) is 1. The third kappa shape index (κ3) is 11.9. The Balaban J connectivity index is 2.84. The summed E-state index contributed by atoms with van der Waals surface area (Å²) < 4.78 is 17.0. The summed E-state index contributed by atoms with van der Waals surface area (Å²) in [6.45, 7) is 7.29. The molecule has 1 N–H and O–H groups in total. The second-order valence-corrected chi connectivity index (χ2v) is 3.59. The SMILES string of the molecule is CC(C)CCOCCNCCCF. The van der Waals surface area contributed by atoms with E-state index in [0.29, 0.717) is 12.3 Å². The molecule has 0 rings (SSSR count). The number of hydrogen-bond donors (Lipinski definition) is 1.